The van der Waals surface area contributed by atoms with Crippen LogP contribution in [0, 0.1) is 0 Å². The Morgan fingerprint density at radius 1 is 1.32 bits per heavy atom. The monoisotopic (exact) mass is 335 g/mol. The minimum Gasteiger partial charge on any atom is -0.415 e. The number of benzene rings is 1. The largest absolute Gasteiger partial charge is 0.415 e. The number of hydrogen-bond acceptors (Lipinski definition) is 6. The first-order valence-electron chi connectivity index (χ1n) is 7.05. The van der Waals surface area contributed by atoms with Crippen molar-refractivity contribution in [1.29, 1.82) is 0 Å². The summed E-state index contributed by atoms with van der Waals surface area (Å²) < 4.78 is 5.47. The van der Waals surface area contributed by atoms with Crippen molar-refractivity contribution >= 4 is 29.4 Å². The molecule has 0 unspecified atom stereocenters. The highest BCUT2D eigenvalue weighted by molar-refractivity contribution is 7.99. The quantitative estimate of drug-likeness (QED) is 0.783. The van der Waals surface area contributed by atoms with Crippen LogP contribution in [0.1, 0.15) is 17.0 Å². The first kappa shape index (κ1) is 15.4. The molecular formula is C15H17N3O2S2. The lowest BCUT2D eigenvalue weighted by Gasteiger charge is -2.28. The Kier molecular flexibility index (Phi) is 5.04. The van der Waals surface area contributed by atoms with Crippen molar-refractivity contribution in [3.63, 3.8) is 0 Å². The molecule has 0 atom stereocenters. The van der Waals surface area contributed by atoms with Crippen LogP contribution in [0.4, 0.5) is 0 Å². The number of rotatable bonds is 5. The van der Waals surface area contributed by atoms with Gasteiger partial charge in [-0.15, -0.1) is 10.2 Å². The Labute approximate surface area is 137 Å². The molecule has 0 saturated carbocycles. The van der Waals surface area contributed by atoms with Gasteiger partial charge in [0.05, 0.1) is 11.5 Å². The van der Waals surface area contributed by atoms with Gasteiger partial charge in [-0.05, 0) is 23.8 Å². The molecule has 0 aliphatic carbocycles. The second-order valence-electron chi connectivity index (χ2n) is 5.02. The smallest absolute Gasteiger partial charge is 0.277 e. The van der Waals surface area contributed by atoms with Crippen molar-refractivity contribution < 1.29 is 9.21 Å². The highest BCUT2D eigenvalue weighted by Crippen LogP contribution is 2.22. The van der Waals surface area contributed by atoms with Gasteiger partial charge in [-0.3, -0.25) is 4.79 Å². The van der Waals surface area contributed by atoms with Crippen LogP contribution in [-0.2, 0) is 23.5 Å². The highest BCUT2D eigenvalue weighted by Gasteiger charge is 2.21. The molecule has 5 nitrogen and oxygen atoms in total. The van der Waals surface area contributed by atoms with E-state index in [1.165, 1.54) is 22.9 Å². The third-order valence-electron chi connectivity index (χ3n) is 3.52. The molecule has 1 amide bonds. The molecule has 0 spiro atoms. The van der Waals surface area contributed by atoms with Crippen LogP contribution in [0.3, 0.4) is 0 Å². The van der Waals surface area contributed by atoms with Crippen LogP contribution in [0.5, 0.6) is 0 Å². The minimum atomic E-state index is 0.115. The first-order valence-corrected chi connectivity index (χ1v) is 9.43. The van der Waals surface area contributed by atoms with Gasteiger partial charge in [-0.1, -0.05) is 36.0 Å². The number of amides is 1. The van der Waals surface area contributed by atoms with Crippen LogP contribution >= 0.6 is 23.5 Å². The van der Waals surface area contributed by atoms with Crippen LogP contribution in [0.2, 0.25) is 0 Å². The zero-order valence-corrected chi connectivity index (χ0v) is 14.0. The van der Waals surface area contributed by atoms with Gasteiger partial charge in [-0.25, -0.2) is 0 Å². The summed E-state index contributed by atoms with van der Waals surface area (Å²) in [4.78, 5) is 14.2. The van der Waals surface area contributed by atoms with E-state index in [1.54, 1.807) is 11.8 Å². The molecule has 0 N–H and O–H groups in total. The maximum absolute atomic E-state index is 12.3. The summed E-state index contributed by atoms with van der Waals surface area (Å²) in [5.74, 6) is 1.76. The molecule has 0 bridgehead atoms. The average Bonchev–Trinajstić information content (AvgIpc) is 3.00. The molecule has 0 fully saturated rings. The topological polar surface area (TPSA) is 59.2 Å². The average molecular weight is 335 g/mol. The van der Waals surface area contributed by atoms with Crippen molar-refractivity contribution in [3.05, 3.63) is 41.3 Å². The molecule has 22 heavy (non-hydrogen) atoms. The van der Waals surface area contributed by atoms with E-state index >= 15 is 0 Å². The Balaban J connectivity index is 1.54. The molecule has 2 heterocycles. The SMILES string of the molecule is CSCc1nnc(SCC(=O)N2CCc3ccccc3C2)o1. The number of carbonyl (C=O) groups is 1. The number of thioether (sulfide) groups is 2. The van der Waals surface area contributed by atoms with Crippen molar-refractivity contribution in [2.24, 2.45) is 0 Å². The predicted molar refractivity (Wildman–Crippen MR) is 87.8 cm³/mol. The fourth-order valence-corrected chi connectivity index (χ4v) is 3.45. The number of nitrogens with zero attached hydrogens (tertiary/aromatic N) is 3. The van der Waals surface area contributed by atoms with E-state index in [0.29, 0.717) is 29.2 Å². The second-order valence-corrected chi connectivity index (χ2v) is 6.81. The summed E-state index contributed by atoms with van der Waals surface area (Å²) in [6.07, 6.45) is 2.90. The van der Waals surface area contributed by atoms with Gasteiger partial charge in [0.25, 0.3) is 5.22 Å². The number of aromatic nitrogens is 2. The van der Waals surface area contributed by atoms with E-state index in [0.717, 1.165) is 13.0 Å². The van der Waals surface area contributed by atoms with Crippen LogP contribution in [-0.4, -0.2) is 39.6 Å². The van der Waals surface area contributed by atoms with Crippen LogP contribution in [0.25, 0.3) is 0 Å². The molecule has 7 heteroatoms. The summed E-state index contributed by atoms with van der Waals surface area (Å²) >= 11 is 2.94. The number of fused-ring (bicyclic) bond motifs is 1. The highest BCUT2D eigenvalue weighted by atomic mass is 32.2. The van der Waals surface area contributed by atoms with E-state index in [9.17, 15) is 4.79 Å². The summed E-state index contributed by atoms with van der Waals surface area (Å²) in [7, 11) is 0. The molecule has 0 radical (unpaired) electrons. The summed E-state index contributed by atoms with van der Waals surface area (Å²) in [6.45, 7) is 1.47. The maximum Gasteiger partial charge on any atom is 0.277 e. The van der Waals surface area contributed by atoms with Gasteiger partial charge in [0, 0.05) is 13.1 Å². The molecule has 116 valence electrons. The second kappa shape index (κ2) is 7.19. The fraction of sp³-hybridized carbons (Fsp3) is 0.400. The molecule has 1 aromatic carbocycles. The van der Waals surface area contributed by atoms with Crippen molar-refractivity contribution in [2.45, 2.75) is 23.9 Å². The van der Waals surface area contributed by atoms with Crippen LogP contribution < -0.4 is 0 Å². The zero-order valence-electron chi connectivity index (χ0n) is 12.3. The molecule has 2 aromatic rings. The van der Waals surface area contributed by atoms with Crippen molar-refractivity contribution in [2.75, 3.05) is 18.6 Å². The van der Waals surface area contributed by atoms with Crippen molar-refractivity contribution in [1.82, 2.24) is 15.1 Å². The van der Waals surface area contributed by atoms with E-state index in [2.05, 4.69) is 22.3 Å². The number of hydrogen-bond donors (Lipinski definition) is 0. The molecule has 3 rings (SSSR count). The van der Waals surface area contributed by atoms with E-state index in [1.807, 2.05) is 23.3 Å². The predicted octanol–water partition coefficient (Wildman–Crippen LogP) is 2.61. The van der Waals surface area contributed by atoms with Gasteiger partial charge in [0.15, 0.2) is 0 Å². The minimum absolute atomic E-state index is 0.115. The molecule has 1 aliphatic heterocycles. The van der Waals surface area contributed by atoms with E-state index < -0.39 is 0 Å². The standard InChI is InChI=1S/C15H17N3O2S2/c1-21-9-13-16-17-15(20-13)22-10-14(19)18-7-6-11-4-2-3-5-12(11)8-18/h2-5H,6-10H2,1H3. The maximum atomic E-state index is 12.3. The molecule has 1 aromatic heterocycles. The molecule has 1 aliphatic rings. The molecular weight excluding hydrogens is 318 g/mol. The lowest BCUT2D eigenvalue weighted by atomic mass is 10.00. The number of carbonyl (C=O) groups excluding carboxylic acids is 1. The normalized spacial score (nSPS) is 14.0. The van der Waals surface area contributed by atoms with Gasteiger partial charge in [-0.2, -0.15) is 11.8 Å². The Morgan fingerprint density at radius 2 is 2.14 bits per heavy atom. The zero-order chi connectivity index (χ0) is 15.4. The Hall–Kier alpha value is -1.47. The summed E-state index contributed by atoms with van der Waals surface area (Å²) in [5.41, 5.74) is 2.59. The van der Waals surface area contributed by atoms with Gasteiger partial charge in [0.2, 0.25) is 11.8 Å². The first-order chi connectivity index (χ1) is 10.8. The Bertz CT molecular complexity index is 660. The lowest BCUT2D eigenvalue weighted by molar-refractivity contribution is -0.129. The Morgan fingerprint density at radius 3 is 2.95 bits per heavy atom. The third-order valence-corrected chi connectivity index (χ3v) is 4.86. The van der Waals surface area contributed by atoms with Gasteiger partial charge < -0.3 is 9.32 Å². The van der Waals surface area contributed by atoms with Crippen molar-refractivity contribution in [3.8, 4) is 0 Å². The van der Waals surface area contributed by atoms with Gasteiger partial charge in [0.1, 0.15) is 0 Å². The fourth-order valence-electron chi connectivity index (χ4n) is 2.40. The summed E-state index contributed by atoms with van der Waals surface area (Å²) in [6, 6.07) is 8.30. The van der Waals surface area contributed by atoms with E-state index in [4.69, 9.17) is 4.42 Å². The van der Waals surface area contributed by atoms with Gasteiger partial charge >= 0.3 is 0 Å². The third kappa shape index (κ3) is 3.64. The summed E-state index contributed by atoms with van der Waals surface area (Å²) in [5, 5.41) is 8.36. The van der Waals surface area contributed by atoms with E-state index in [-0.39, 0.29) is 5.91 Å². The lowest BCUT2D eigenvalue weighted by Crippen LogP contribution is -2.37. The molecule has 0 saturated heterocycles. The van der Waals surface area contributed by atoms with Crippen LogP contribution in [0.15, 0.2) is 33.9 Å².